The summed E-state index contributed by atoms with van der Waals surface area (Å²) in [7, 11) is 0. The number of hydrogen-bond donors (Lipinski definition) is 4. The van der Waals surface area contributed by atoms with Gasteiger partial charge in [0.25, 0.3) is 5.91 Å². The molecule has 2 rings (SSSR count). The highest BCUT2D eigenvalue weighted by Crippen LogP contribution is 2.27. The van der Waals surface area contributed by atoms with Crippen molar-refractivity contribution in [3.05, 3.63) is 23.8 Å². The molecule has 5 N–H and O–H groups in total. The first-order chi connectivity index (χ1) is 8.08. The number of carbonyl (C=O) groups excluding carboxylic acids is 1. The molecule has 0 atom stereocenters. The van der Waals surface area contributed by atoms with E-state index in [4.69, 9.17) is 10.8 Å². The van der Waals surface area contributed by atoms with Gasteiger partial charge in [0.15, 0.2) is 5.75 Å². The molecule has 5 heteroatoms. The standard InChI is InChI=1S/C12H16N2O3/c13-10-3-1-2-9(11(10)16)12(17)14-6-7-4-8(15)5-7/h1-3,7-8,15-16H,4-6,13H2,(H,14,17). The maximum atomic E-state index is 11.8. The molecule has 1 saturated carbocycles. The molecule has 0 aromatic heterocycles. The molecular weight excluding hydrogens is 220 g/mol. The van der Waals surface area contributed by atoms with Crippen LogP contribution in [0.3, 0.4) is 0 Å². The highest BCUT2D eigenvalue weighted by Gasteiger charge is 2.27. The average molecular weight is 236 g/mol. The van der Waals surface area contributed by atoms with Gasteiger partial charge >= 0.3 is 0 Å². The van der Waals surface area contributed by atoms with Crippen LogP contribution in [0.4, 0.5) is 5.69 Å². The van der Waals surface area contributed by atoms with Crippen molar-refractivity contribution in [1.82, 2.24) is 5.32 Å². The first-order valence-corrected chi connectivity index (χ1v) is 5.61. The third-order valence-corrected chi connectivity index (χ3v) is 3.07. The van der Waals surface area contributed by atoms with E-state index in [0.717, 1.165) is 12.8 Å². The molecule has 92 valence electrons. The fraction of sp³-hybridized carbons (Fsp3) is 0.417. The fourth-order valence-corrected chi connectivity index (χ4v) is 1.94. The van der Waals surface area contributed by atoms with Gasteiger partial charge in [-0.2, -0.15) is 0 Å². The number of para-hydroxylation sites is 1. The summed E-state index contributed by atoms with van der Waals surface area (Å²) in [5, 5.41) is 21.5. The lowest BCUT2D eigenvalue weighted by molar-refractivity contribution is 0.0420. The van der Waals surface area contributed by atoms with Crippen molar-refractivity contribution in [3.8, 4) is 5.75 Å². The Balaban J connectivity index is 1.93. The molecule has 17 heavy (non-hydrogen) atoms. The zero-order chi connectivity index (χ0) is 12.4. The van der Waals surface area contributed by atoms with Crippen molar-refractivity contribution < 1.29 is 15.0 Å². The molecule has 1 amide bonds. The van der Waals surface area contributed by atoms with Crippen LogP contribution in [0.2, 0.25) is 0 Å². The van der Waals surface area contributed by atoms with Gasteiger partial charge in [0, 0.05) is 6.54 Å². The van der Waals surface area contributed by atoms with Crippen LogP contribution in [0.5, 0.6) is 5.75 Å². The molecule has 0 radical (unpaired) electrons. The third-order valence-electron chi connectivity index (χ3n) is 3.07. The number of nitrogen functional groups attached to an aromatic ring is 1. The van der Waals surface area contributed by atoms with Crippen molar-refractivity contribution in [2.75, 3.05) is 12.3 Å². The molecule has 0 bridgehead atoms. The van der Waals surface area contributed by atoms with E-state index in [1.807, 2.05) is 0 Å². The molecule has 1 aliphatic carbocycles. The second-order valence-electron chi connectivity index (χ2n) is 4.44. The molecule has 0 saturated heterocycles. The van der Waals surface area contributed by atoms with Crippen LogP contribution < -0.4 is 11.1 Å². The number of phenolic OH excluding ortho intramolecular Hbond substituents is 1. The molecule has 0 spiro atoms. The quantitative estimate of drug-likeness (QED) is 0.453. The van der Waals surface area contributed by atoms with Gasteiger partial charge in [-0.25, -0.2) is 0 Å². The highest BCUT2D eigenvalue weighted by atomic mass is 16.3. The van der Waals surface area contributed by atoms with Gasteiger partial charge in [-0.15, -0.1) is 0 Å². The highest BCUT2D eigenvalue weighted by molar-refractivity contribution is 5.98. The van der Waals surface area contributed by atoms with Crippen LogP contribution in [0.25, 0.3) is 0 Å². The Kier molecular flexibility index (Phi) is 3.19. The number of carbonyl (C=O) groups is 1. The minimum absolute atomic E-state index is 0.182. The Bertz CT molecular complexity index is 428. The van der Waals surface area contributed by atoms with Crippen molar-refractivity contribution in [2.45, 2.75) is 18.9 Å². The number of benzene rings is 1. The van der Waals surface area contributed by atoms with Gasteiger partial charge in [0.2, 0.25) is 0 Å². The molecule has 0 heterocycles. The topological polar surface area (TPSA) is 95.6 Å². The fourth-order valence-electron chi connectivity index (χ4n) is 1.94. The summed E-state index contributed by atoms with van der Waals surface area (Å²) in [5.41, 5.74) is 5.88. The summed E-state index contributed by atoms with van der Waals surface area (Å²) in [5.74, 6) is -0.188. The maximum absolute atomic E-state index is 11.8. The number of nitrogens with one attached hydrogen (secondary N) is 1. The van der Waals surface area contributed by atoms with E-state index in [-0.39, 0.29) is 29.0 Å². The van der Waals surface area contributed by atoms with E-state index in [1.54, 1.807) is 6.07 Å². The SMILES string of the molecule is Nc1cccc(C(=O)NCC2CC(O)C2)c1O. The van der Waals surface area contributed by atoms with Gasteiger partial charge in [0.1, 0.15) is 0 Å². The molecular formula is C12H16N2O3. The number of amides is 1. The Morgan fingerprint density at radius 1 is 1.47 bits per heavy atom. The normalized spacial score (nSPS) is 22.9. The molecule has 1 aromatic carbocycles. The van der Waals surface area contributed by atoms with Crippen molar-refractivity contribution in [1.29, 1.82) is 0 Å². The molecule has 1 aromatic rings. The first kappa shape index (κ1) is 11.7. The van der Waals surface area contributed by atoms with Gasteiger partial charge in [-0.3, -0.25) is 4.79 Å². The lowest BCUT2D eigenvalue weighted by Gasteiger charge is -2.31. The lowest BCUT2D eigenvalue weighted by atomic mass is 9.82. The Morgan fingerprint density at radius 3 is 2.82 bits per heavy atom. The van der Waals surface area contributed by atoms with Crippen LogP contribution in [0, 0.1) is 5.92 Å². The zero-order valence-electron chi connectivity index (χ0n) is 9.39. The summed E-state index contributed by atoms with van der Waals surface area (Å²) < 4.78 is 0. The number of aromatic hydroxyl groups is 1. The van der Waals surface area contributed by atoms with Gasteiger partial charge in [-0.05, 0) is 30.9 Å². The van der Waals surface area contributed by atoms with Gasteiger partial charge < -0.3 is 21.3 Å². The summed E-state index contributed by atoms with van der Waals surface area (Å²) >= 11 is 0. The molecule has 1 aliphatic rings. The smallest absolute Gasteiger partial charge is 0.255 e. The summed E-state index contributed by atoms with van der Waals surface area (Å²) in [6.45, 7) is 0.518. The molecule has 1 fully saturated rings. The minimum Gasteiger partial charge on any atom is -0.505 e. The average Bonchev–Trinajstić information content (AvgIpc) is 2.26. The number of aliphatic hydroxyl groups excluding tert-OH is 1. The number of anilines is 1. The summed E-state index contributed by atoms with van der Waals surface area (Å²) in [4.78, 5) is 11.8. The molecule has 0 aliphatic heterocycles. The predicted molar refractivity (Wildman–Crippen MR) is 63.6 cm³/mol. The number of nitrogens with two attached hydrogens (primary N) is 1. The summed E-state index contributed by atoms with van der Waals surface area (Å²) in [6.07, 6.45) is 1.23. The van der Waals surface area contributed by atoms with Crippen LogP contribution in [0.1, 0.15) is 23.2 Å². The Labute approximate surface area is 99.3 Å². The van der Waals surface area contributed by atoms with Crippen LogP contribution >= 0.6 is 0 Å². The van der Waals surface area contributed by atoms with Crippen molar-refractivity contribution >= 4 is 11.6 Å². The van der Waals surface area contributed by atoms with E-state index in [2.05, 4.69) is 5.32 Å². The van der Waals surface area contributed by atoms with Crippen molar-refractivity contribution in [3.63, 3.8) is 0 Å². The number of rotatable bonds is 3. The second-order valence-corrected chi connectivity index (χ2v) is 4.44. The van der Waals surface area contributed by atoms with Crippen molar-refractivity contribution in [2.24, 2.45) is 5.92 Å². The lowest BCUT2D eigenvalue weighted by Crippen LogP contribution is -2.38. The van der Waals surface area contributed by atoms with Gasteiger partial charge in [-0.1, -0.05) is 6.07 Å². The number of aliphatic hydroxyl groups is 1. The number of phenols is 1. The van der Waals surface area contributed by atoms with Crippen LogP contribution in [-0.4, -0.2) is 28.8 Å². The largest absolute Gasteiger partial charge is 0.505 e. The number of hydrogen-bond acceptors (Lipinski definition) is 4. The summed E-state index contributed by atoms with van der Waals surface area (Å²) in [6, 6.07) is 4.68. The minimum atomic E-state index is -0.337. The third kappa shape index (κ3) is 2.50. The van der Waals surface area contributed by atoms with Gasteiger partial charge in [0.05, 0.1) is 17.4 Å². The molecule has 5 nitrogen and oxygen atoms in total. The van der Waals surface area contributed by atoms with Crippen LogP contribution in [-0.2, 0) is 0 Å². The Morgan fingerprint density at radius 2 is 2.18 bits per heavy atom. The Hall–Kier alpha value is -1.75. The predicted octanol–water partition coefficient (Wildman–Crippen LogP) is 0.475. The van der Waals surface area contributed by atoms with E-state index in [1.165, 1.54) is 12.1 Å². The van der Waals surface area contributed by atoms with E-state index < -0.39 is 0 Å². The zero-order valence-corrected chi connectivity index (χ0v) is 9.39. The second kappa shape index (κ2) is 4.63. The van der Waals surface area contributed by atoms with E-state index in [9.17, 15) is 9.90 Å². The van der Waals surface area contributed by atoms with E-state index >= 15 is 0 Å². The van der Waals surface area contributed by atoms with E-state index in [0.29, 0.717) is 12.5 Å². The first-order valence-electron chi connectivity index (χ1n) is 5.61. The maximum Gasteiger partial charge on any atom is 0.255 e. The monoisotopic (exact) mass is 236 g/mol. The molecule has 0 unspecified atom stereocenters. The van der Waals surface area contributed by atoms with Crippen LogP contribution in [0.15, 0.2) is 18.2 Å².